The van der Waals surface area contributed by atoms with Crippen molar-refractivity contribution in [2.75, 3.05) is 9.80 Å². The van der Waals surface area contributed by atoms with E-state index in [1.807, 2.05) is 0 Å². The van der Waals surface area contributed by atoms with Crippen molar-refractivity contribution >= 4 is 121 Å². The molecule has 0 bridgehead atoms. The minimum Gasteiger partial charge on any atom is -0.454 e. The molecule has 0 saturated carbocycles. The Hall–Kier alpha value is -12.2. The van der Waals surface area contributed by atoms with E-state index in [0.29, 0.717) is 0 Å². The monoisotopic (exact) mass is 1220 g/mol. The van der Waals surface area contributed by atoms with Gasteiger partial charge in [0.15, 0.2) is 11.2 Å². The van der Waals surface area contributed by atoms with Gasteiger partial charge in [0.25, 0.3) is 0 Å². The quantitative estimate of drug-likeness (QED) is 0.144. The molecule has 4 heteroatoms. The van der Waals surface area contributed by atoms with Crippen molar-refractivity contribution in [3.63, 3.8) is 0 Å². The highest BCUT2D eigenvalue weighted by atomic mass is 16.3. The normalized spacial score (nSPS) is 15.5. The van der Waals surface area contributed by atoms with Crippen LogP contribution in [0.3, 0.4) is 0 Å². The molecule has 2 atom stereocenters. The van der Waals surface area contributed by atoms with Crippen LogP contribution in [-0.2, 0) is 10.8 Å². The van der Waals surface area contributed by atoms with Crippen LogP contribution in [0.4, 0.5) is 34.1 Å². The summed E-state index contributed by atoms with van der Waals surface area (Å²) >= 11 is 0. The summed E-state index contributed by atoms with van der Waals surface area (Å²) in [5, 5.41) is 13.9. The summed E-state index contributed by atoms with van der Waals surface area (Å²) < 4.78 is 14.2. The number of rotatable bonds is 9. The standard InChI is InChI=1S/C92H60N2O2/c1-91(75-51-49-59-29-9-11-35-65(59)85(75)87-71-41-15-13-37-67(71)81(55-77(87)91)93(63-33-21-31-61(53-63)57-25-5-3-6-26-57)79-45-23-43-73-69-39-17-19-47-83(69)95-89(73)79)92(2)76-52-50-60-30-10-12-36-66(60)86(76)88-72-42-16-14-38-68(72)82(56-78(88)92)94(64-34-22-32-62(54-64)58-27-7-4-8-28-58)80-46-24-44-74-70-40-18-20-48-84(70)96-90(74)80/h3-56H,1-2H3. The van der Waals surface area contributed by atoms with Gasteiger partial charge in [-0.1, -0.05) is 281 Å². The predicted molar refractivity (Wildman–Crippen MR) is 401 cm³/mol. The first-order valence-corrected chi connectivity index (χ1v) is 33.3. The molecule has 18 aromatic rings. The van der Waals surface area contributed by atoms with Gasteiger partial charge in [-0.15, -0.1) is 0 Å². The van der Waals surface area contributed by atoms with Gasteiger partial charge in [-0.05, 0) is 160 Å². The van der Waals surface area contributed by atoms with Crippen LogP contribution in [0.15, 0.2) is 336 Å². The Bertz CT molecular complexity index is 5890. The molecule has 2 heterocycles. The SMILES string of the molecule is CC1(C2(C)c3ccc4ccccc4c3-c3c2cc(N(c2cccc(-c4ccccc4)c2)c2cccc4c2oc2ccccc24)c2ccccc32)c2ccc3ccccc3c2-c2c1cc(N(c1cccc(-c3ccccc3)c1)c1cccc3c1oc1ccccc13)c1ccccc21. The topological polar surface area (TPSA) is 32.8 Å². The third-order valence-corrected chi connectivity index (χ3v) is 21.7. The number of anilines is 6. The second-order valence-electron chi connectivity index (χ2n) is 26.4. The van der Waals surface area contributed by atoms with Crippen LogP contribution >= 0.6 is 0 Å². The molecule has 2 aromatic heterocycles. The fourth-order valence-corrected chi connectivity index (χ4v) is 17.2. The van der Waals surface area contributed by atoms with E-state index in [-0.39, 0.29) is 0 Å². The molecule has 0 aliphatic heterocycles. The van der Waals surface area contributed by atoms with Gasteiger partial charge in [0.1, 0.15) is 11.2 Å². The number of fused-ring (bicyclic) bond motifs is 20. The maximum absolute atomic E-state index is 7.12. The molecule has 16 aromatic carbocycles. The van der Waals surface area contributed by atoms with E-state index in [0.717, 1.165) is 111 Å². The van der Waals surface area contributed by atoms with Crippen molar-refractivity contribution in [2.45, 2.75) is 24.7 Å². The van der Waals surface area contributed by atoms with E-state index in [1.54, 1.807) is 0 Å². The predicted octanol–water partition coefficient (Wildman–Crippen LogP) is 25.6. The Labute approximate surface area is 555 Å². The van der Waals surface area contributed by atoms with Crippen LogP contribution in [0.5, 0.6) is 0 Å². The highest BCUT2D eigenvalue weighted by molar-refractivity contribution is 6.21. The summed E-state index contributed by atoms with van der Waals surface area (Å²) in [5.74, 6) is 0. The lowest BCUT2D eigenvalue weighted by Gasteiger charge is -2.46. The van der Waals surface area contributed by atoms with Gasteiger partial charge in [0.05, 0.1) is 22.7 Å². The molecule has 20 rings (SSSR count). The number of hydrogen-bond acceptors (Lipinski definition) is 4. The van der Waals surface area contributed by atoms with E-state index >= 15 is 0 Å². The largest absolute Gasteiger partial charge is 0.454 e. The van der Waals surface area contributed by atoms with Crippen molar-refractivity contribution in [1.82, 2.24) is 0 Å². The Morgan fingerprint density at radius 3 is 1.00 bits per heavy atom. The molecule has 0 radical (unpaired) electrons. The summed E-state index contributed by atoms with van der Waals surface area (Å²) in [4.78, 5) is 5.00. The van der Waals surface area contributed by atoms with E-state index in [2.05, 4.69) is 351 Å². The van der Waals surface area contributed by atoms with Crippen LogP contribution in [0.1, 0.15) is 36.1 Å². The van der Waals surface area contributed by atoms with Gasteiger partial charge in [-0.3, -0.25) is 0 Å². The second kappa shape index (κ2) is 20.6. The molecule has 4 nitrogen and oxygen atoms in total. The number of furan rings is 2. The van der Waals surface area contributed by atoms with Crippen molar-refractivity contribution in [3.05, 3.63) is 350 Å². The highest BCUT2D eigenvalue weighted by Gasteiger charge is 2.59. The van der Waals surface area contributed by atoms with Crippen molar-refractivity contribution in [2.24, 2.45) is 0 Å². The van der Waals surface area contributed by atoms with Gasteiger partial charge in [0, 0.05) is 54.5 Å². The van der Waals surface area contributed by atoms with Crippen LogP contribution < -0.4 is 9.80 Å². The molecule has 0 N–H and O–H groups in total. The zero-order chi connectivity index (χ0) is 63.4. The van der Waals surface area contributed by atoms with Crippen LogP contribution in [-0.4, -0.2) is 0 Å². The molecule has 2 aliphatic rings. The van der Waals surface area contributed by atoms with Crippen molar-refractivity contribution in [1.29, 1.82) is 0 Å². The Kier molecular flexibility index (Phi) is 11.7. The Balaban J connectivity index is 0.926. The molecule has 450 valence electrons. The van der Waals surface area contributed by atoms with E-state index in [1.165, 1.54) is 76.8 Å². The lowest BCUT2D eigenvalue weighted by atomic mass is 9.56. The second-order valence-corrected chi connectivity index (χ2v) is 26.4. The zero-order valence-corrected chi connectivity index (χ0v) is 52.9. The van der Waals surface area contributed by atoms with Gasteiger partial charge in [0.2, 0.25) is 0 Å². The maximum atomic E-state index is 7.12. The fraction of sp³-hybridized carbons (Fsp3) is 0.0435. The maximum Gasteiger partial charge on any atom is 0.159 e. The van der Waals surface area contributed by atoms with Gasteiger partial charge in [-0.2, -0.15) is 0 Å². The molecular formula is C92H60N2O2. The number of para-hydroxylation sites is 4. The summed E-state index contributed by atoms with van der Waals surface area (Å²) in [5.41, 5.74) is 22.7. The highest BCUT2D eigenvalue weighted by Crippen LogP contribution is 2.69. The summed E-state index contributed by atoms with van der Waals surface area (Å²) in [6.07, 6.45) is 0. The van der Waals surface area contributed by atoms with Crippen LogP contribution in [0.2, 0.25) is 0 Å². The van der Waals surface area contributed by atoms with Gasteiger partial charge in [-0.25, -0.2) is 0 Å². The van der Waals surface area contributed by atoms with Gasteiger partial charge < -0.3 is 18.6 Å². The summed E-state index contributed by atoms with van der Waals surface area (Å²) in [6.45, 7) is 5.18. The minimum atomic E-state index is -0.775. The van der Waals surface area contributed by atoms with E-state index < -0.39 is 10.8 Å². The lowest BCUT2D eigenvalue weighted by Crippen LogP contribution is -2.44. The first-order chi connectivity index (χ1) is 47.4. The first-order valence-electron chi connectivity index (χ1n) is 33.3. The Morgan fingerprint density at radius 2 is 0.562 bits per heavy atom. The molecule has 96 heavy (non-hydrogen) atoms. The van der Waals surface area contributed by atoms with Crippen LogP contribution in [0.25, 0.3) is 131 Å². The summed E-state index contributed by atoms with van der Waals surface area (Å²) in [7, 11) is 0. The minimum absolute atomic E-state index is 0.775. The lowest BCUT2D eigenvalue weighted by molar-refractivity contribution is 0.376. The smallest absolute Gasteiger partial charge is 0.159 e. The third kappa shape index (κ3) is 7.61. The zero-order valence-electron chi connectivity index (χ0n) is 52.9. The average molecular weight is 1230 g/mol. The molecule has 0 saturated heterocycles. The number of benzene rings is 16. The molecule has 0 amide bonds. The van der Waals surface area contributed by atoms with Crippen molar-refractivity contribution < 1.29 is 8.83 Å². The number of hydrogen-bond donors (Lipinski definition) is 0. The molecule has 0 fully saturated rings. The average Bonchev–Trinajstić information content (AvgIpc) is 1.48. The molecule has 2 aliphatic carbocycles. The number of nitrogens with zero attached hydrogens (tertiary/aromatic N) is 2. The fourth-order valence-electron chi connectivity index (χ4n) is 17.2. The molecule has 0 spiro atoms. The Morgan fingerprint density at radius 1 is 0.229 bits per heavy atom. The van der Waals surface area contributed by atoms with Crippen molar-refractivity contribution in [3.8, 4) is 44.5 Å². The first kappa shape index (κ1) is 54.3. The van der Waals surface area contributed by atoms with Crippen LogP contribution in [0, 0.1) is 0 Å². The molecular weight excluding hydrogens is 1170 g/mol. The van der Waals surface area contributed by atoms with E-state index in [4.69, 9.17) is 8.83 Å². The van der Waals surface area contributed by atoms with E-state index in [9.17, 15) is 0 Å². The third-order valence-electron chi connectivity index (χ3n) is 21.7. The molecule has 2 unspecified atom stereocenters. The summed E-state index contributed by atoms with van der Waals surface area (Å²) in [6, 6.07) is 121. The van der Waals surface area contributed by atoms with Gasteiger partial charge >= 0.3 is 0 Å².